The van der Waals surface area contributed by atoms with Crippen molar-refractivity contribution in [1.29, 1.82) is 0 Å². The maximum atomic E-state index is 11.7. The number of carbonyl (C=O) groups is 1. The first-order chi connectivity index (χ1) is 9.79. The number of carbonyl (C=O) groups excluding carboxylic acids is 1. The molecule has 20 heavy (non-hydrogen) atoms. The van der Waals surface area contributed by atoms with Crippen LogP contribution in [0.3, 0.4) is 0 Å². The highest BCUT2D eigenvalue weighted by Crippen LogP contribution is 2.43. The number of hydrogen-bond donors (Lipinski definition) is 2. The number of fused-ring (bicyclic) bond motifs is 2. The average Bonchev–Trinajstić information content (AvgIpc) is 3.16. The summed E-state index contributed by atoms with van der Waals surface area (Å²) in [5, 5.41) is 10.1. The lowest BCUT2D eigenvalue weighted by molar-refractivity contribution is -0.124. The molecule has 1 aromatic rings. The van der Waals surface area contributed by atoms with Gasteiger partial charge in [0.15, 0.2) is 5.82 Å². The highest BCUT2D eigenvalue weighted by atomic mass is 16.5. The van der Waals surface area contributed by atoms with Gasteiger partial charge in [-0.05, 0) is 19.3 Å². The third-order valence-corrected chi connectivity index (χ3v) is 4.43. The van der Waals surface area contributed by atoms with Gasteiger partial charge in [0.2, 0.25) is 11.8 Å². The van der Waals surface area contributed by atoms with Gasteiger partial charge in [0.25, 0.3) is 0 Å². The Labute approximate surface area is 116 Å². The molecule has 3 aliphatic rings. The average molecular weight is 278 g/mol. The molecule has 4 unspecified atom stereocenters. The summed E-state index contributed by atoms with van der Waals surface area (Å²) in [5.41, 5.74) is 0. The number of nitrogens with one attached hydrogen (secondary N) is 2. The fourth-order valence-corrected chi connectivity index (χ4v) is 3.40. The molecule has 1 amide bonds. The van der Waals surface area contributed by atoms with Crippen molar-refractivity contribution in [1.82, 2.24) is 20.8 Å². The molecule has 4 heterocycles. The lowest BCUT2D eigenvalue weighted by Gasteiger charge is -2.21. The normalized spacial score (nSPS) is 36.3. The molecule has 0 spiro atoms. The summed E-state index contributed by atoms with van der Waals surface area (Å²) < 4.78 is 11.1. The Morgan fingerprint density at radius 3 is 3.00 bits per heavy atom. The number of aromatic nitrogens is 2. The standard InChI is InChI=1S/C13H18N4O3/c18-13-9(14-3-4-15-13)6-11-16-12(17-20-11)8-5-7-1-2-10(8)19-7/h7-10,14H,1-6H2,(H,15,18). The van der Waals surface area contributed by atoms with E-state index in [1.54, 1.807) is 0 Å². The summed E-state index contributed by atoms with van der Waals surface area (Å²) in [6.45, 7) is 1.45. The molecule has 0 radical (unpaired) electrons. The zero-order valence-corrected chi connectivity index (χ0v) is 11.2. The lowest BCUT2D eigenvalue weighted by Crippen LogP contribution is -2.53. The largest absolute Gasteiger partial charge is 0.374 e. The van der Waals surface area contributed by atoms with Crippen LogP contribution >= 0.6 is 0 Å². The Morgan fingerprint density at radius 2 is 2.25 bits per heavy atom. The quantitative estimate of drug-likeness (QED) is 0.791. The van der Waals surface area contributed by atoms with Crippen molar-refractivity contribution in [3.63, 3.8) is 0 Å². The van der Waals surface area contributed by atoms with Gasteiger partial charge in [-0.1, -0.05) is 5.16 Å². The third-order valence-electron chi connectivity index (χ3n) is 4.43. The minimum absolute atomic E-state index is 0.000688. The minimum atomic E-state index is -0.270. The van der Waals surface area contributed by atoms with Crippen LogP contribution in [0.1, 0.15) is 36.9 Å². The van der Waals surface area contributed by atoms with Crippen molar-refractivity contribution in [3.05, 3.63) is 11.7 Å². The second-order valence-corrected chi connectivity index (χ2v) is 5.76. The predicted molar refractivity (Wildman–Crippen MR) is 68.1 cm³/mol. The van der Waals surface area contributed by atoms with E-state index in [4.69, 9.17) is 9.26 Å². The summed E-state index contributed by atoms with van der Waals surface area (Å²) in [6, 6.07) is -0.270. The van der Waals surface area contributed by atoms with Crippen LogP contribution in [0.4, 0.5) is 0 Å². The zero-order valence-electron chi connectivity index (χ0n) is 11.2. The monoisotopic (exact) mass is 278 g/mol. The number of piperazine rings is 1. The van der Waals surface area contributed by atoms with E-state index in [9.17, 15) is 4.79 Å². The highest BCUT2D eigenvalue weighted by molar-refractivity contribution is 5.82. The Hall–Kier alpha value is -1.47. The van der Waals surface area contributed by atoms with Crippen LogP contribution in [-0.4, -0.2) is 47.4 Å². The van der Waals surface area contributed by atoms with Crippen LogP contribution in [0.15, 0.2) is 4.52 Å². The van der Waals surface area contributed by atoms with Crippen LogP contribution in [0, 0.1) is 0 Å². The molecule has 3 aliphatic heterocycles. The van der Waals surface area contributed by atoms with Gasteiger partial charge in [0, 0.05) is 13.1 Å². The predicted octanol–water partition coefficient (Wildman–Crippen LogP) is -0.265. The van der Waals surface area contributed by atoms with Gasteiger partial charge >= 0.3 is 0 Å². The van der Waals surface area contributed by atoms with Gasteiger partial charge < -0.3 is 19.9 Å². The van der Waals surface area contributed by atoms with Gasteiger partial charge in [-0.25, -0.2) is 0 Å². The molecule has 0 aliphatic carbocycles. The van der Waals surface area contributed by atoms with E-state index in [1.165, 1.54) is 0 Å². The maximum Gasteiger partial charge on any atom is 0.237 e. The molecule has 3 fully saturated rings. The Balaban J connectivity index is 1.44. The number of hydrogen-bond acceptors (Lipinski definition) is 6. The van der Waals surface area contributed by atoms with E-state index in [0.29, 0.717) is 25.0 Å². The van der Waals surface area contributed by atoms with Crippen molar-refractivity contribution in [2.75, 3.05) is 13.1 Å². The first-order valence-electron chi connectivity index (χ1n) is 7.28. The SMILES string of the molecule is O=C1NCCNC1Cc1nc(C2CC3CCC2O3)no1. The van der Waals surface area contributed by atoms with Gasteiger partial charge in [-0.3, -0.25) is 4.79 Å². The molecular weight excluding hydrogens is 260 g/mol. The van der Waals surface area contributed by atoms with Crippen LogP contribution in [-0.2, 0) is 16.0 Å². The molecule has 7 heteroatoms. The molecule has 2 N–H and O–H groups in total. The zero-order chi connectivity index (χ0) is 13.5. The maximum absolute atomic E-state index is 11.7. The fraction of sp³-hybridized carbons (Fsp3) is 0.769. The number of rotatable bonds is 3. The first-order valence-corrected chi connectivity index (χ1v) is 7.28. The van der Waals surface area contributed by atoms with E-state index >= 15 is 0 Å². The van der Waals surface area contributed by atoms with E-state index in [1.807, 2.05) is 0 Å². The van der Waals surface area contributed by atoms with Crippen molar-refractivity contribution in [2.24, 2.45) is 0 Å². The van der Waals surface area contributed by atoms with Crippen molar-refractivity contribution >= 4 is 5.91 Å². The van der Waals surface area contributed by atoms with Gasteiger partial charge in [-0.2, -0.15) is 4.98 Å². The molecule has 4 atom stereocenters. The summed E-state index contributed by atoms with van der Waals surface area (Å²) >= 11 is 0. The van der Waals surface area contributed by atoms with Gasteiger partial charge in [0.05, 0.1) is 30.6 Å². The van der Waals surface area contributed by atoms with Crippen LogP contribution in [0.25, 0.3) is 0 Å². The third kappa shape index (κ3) is 2.10. The smallest absolute Gasteiger partial charge is 0.237 e. The lowest BCUT2D eigenvalue weighted by atomic mass is 9.89. The summed E-state index contributed by atoms with van der Waals surface area (Å²) in [4.78, 5) is 16.1. The van der Waals surface area contributed by atoms with Crippen molar-refractivity contribution in [2.45, 2.75) is 49.9 Å². The molecule has 2 bridgehead atoms. The molecule has 7 nitrogen and oxygen atoms in total. The Bertz CT molecular complexity index is 517. The fourth-order valence-electron chi connectivity index (χ4n) is 3.40. The number of ether oxygens (including phenoxy) is 1. The topological polar surface area (TPSA) is 89.3 Å². The molecule has 3 saturated heterocycles. The van der Waals surface area contributed by atoms with Crippen molar-refractivity contribution < 1.29 is 14.1 Å². The minimum Gasteiger partial charge on any atom is -0.374 e. The Morgan fingerprint density at radius 1 is 1.30 bits per heavy atom. The van der Waals surface area contributed by atoms with Crippen LogP contribution in [0.5, 0.6) is 0 Å². The van der Waals surface area contributed by atoms with E-state index in [-0.39, 0.29) is 24.0 Å². The molecule has 0 aromatic carbocycles. The summed E-state index contributed by atoms with van der Waals surface area (Å²) in [5.74, 6) is 1.53. The highest BCUT2D eigenvalue weighted by Gasteiger charge is 2.43. The van der Waals surface area contributed by atoms with Crippen LogP contribution in [0.2, 0.25) is 0 Å². The van der Waals surface area contributed by atoms with Gasteiger partial charge in [0.1, 0.15) is 0 Å². The van der Waals surface area contributed by atoms with Gasteiger partial charge in [-0.15, -0.1) is 0 Å². The number of amides is 1. The van der Waals surface area contributed by atoms with E-state index in [0.717, 1.165) is 31.6 Å². The molecule has 108 valence electrons. The molecule has 4 rings (SSSR count). The summed E-state index contributed by atoms with van der Waals surface area (Å²) in [6.07, 6.45) is 4.30. The van der Waals surface area contributed by atoms with E-state index in [2.05, 4.69) is 20.8 Å². The Kier molecular flexibility index (Phi) is 2.96. The summed E-state index contributed by atoms with van der Waals surface area (Å²) in [7, 11) is 0. The molecule has 0 saturated carbocycles. The molecular formula is C13H18N4O3. The first kappa shape index (κ1) is 12.3. The second kappa shape index (κ2) is 4.82. The number of nitrogens with zero attached hydrogens (tertiary/aromatic N) is 2. The van der Waals surface area contributed by atoms with Crippen LogP contribution < -0.4 is 10.6 Å². The second-order valence-electron chi connectivity index (χ2n) is 5.76. The van der Waals surface area contributed by atoms with Crippen molar-refractivity contribution in [3.8, 4) is 0 Å². The molecule has 1 aromatic heterocycles. The van der Waals surface area contributed by atoms with E-state index < -0.39 is 0 Å².